The van der Waals surface area contributed by atoms with Crippen LogP contribution < -0.4 is 0 Å². The van der Waals surface area contributed by atoms with Crippen molar-refractivity contribution in [2.45, 2.75) is 45.4 Å². The van der Waals surface area contributed by atoms with E-state index < -0.39 is 0 Å². The molecule has 0 atom stereocenters. The molecule has 0 amide bonds. The van der Waals surface area contributed by atoms with Crippen LogP contribution in [0.4, 0.5) is 0 Å². The number of nitrogens with zero attached hydrogens (tertiary/aromatic N) is 1. The number of aromatic nitrogens is 1. The Kier molecular flexibility index (Phi) is 6.64. The minimum absolute atomic E-state index is 0.0679. The van der Waals surface area contributed by atoms with Gasteiger partial charge in [0.25, 0.3) is 0 Å². The molecule has 55 heavy (non-hydrogen) atoms. The lowest BCUT2D eigenvalue weighted by Gasteiger charge is -2.23. The second kappa shape index (κ2) is 11.4. The summed E-state index contributed by atoms with van der Waals surface area (Å²) in [5.74, 6) is 0. The highest BCUT2D eigenvalue weighted by Crippen LogP contribution is 2.55. The number of fused-ring (bicyclic) bond motifs is 9. The zero-order valence-corrected chi connectivity index (χ0v) is 32.0. The number of hydrogen-bond donors (Lipinski definition) is 0. The summed E-state index contributed by atoms with van der Waals surface area (Å²) in [6, 6.07) is 59.5. The van der Waals surface area contributed by atoms with Crippen LogP contribution in [0.5, 0.6) is 0 Å². The molecule has 0 unspecified atom stereocenters. The largest absolute Gasteiger partial charge is 0.253 e. The molecule has 0 fully saturated rings. The summed E-state index contributed by atoms with van der Waals surface area (Å²) >= 11 is 0. The summed E-state index contributed by atoms with van der Waals surface area (Å²) in [7, 11) is 0. The Labute approximate surface area is 323 Å². The minimum Gasteiger partial charge on any atom is -0.253 e. The molecule has 0 saturated heterocycles. The number of pyridine rings is 1. The Morgan fingerprint density at radius 1 is 0.364 bits per heavy atom. The fraction of sp³-hybridized carbons (Fsp3) is 0.130. The smallest absolute Gasteiger partial charge is 0.0705 e. The third-order valence-electron chi connectivity index (χ3n) is 12.9. The standard InChI is InChI=1S/C54H41N/c1-32-21-22-35-29-36(25-28-49(35)55-32)50-39-14-6-7-15-40(39)51(43-17-12-20-47-52(43)42-16-9-11-19-46(42)53(47,2)3)44-30-33(24-27-41(44)50)34-23-26-38-37-13-8-10-18-45(37)54(4,5)48(38)31-34/h6-31H,1-5H3. The van der Waals surface area contributed by atoms with E-state index in [1.807, 2.05) is 0 Å². The van der Waals surface area contributed by atoms with Crippen molar-refractivity contribution in [2.75, 3.05) is 0 Å². The first-order valence-corrected chi connectivity index (χ1v) is 19.5. The molecule has 1 nitrogen and oxygen atoms in total. The van der Waals surface area contributed by atoms with Gasteiger partial charge in [0.05, 0.1) is 5.52 Å². The van der Waals surface area contributed by atoms with Crippen molar-refractivity contribution in [3.63, 3.8) is 0 Å². The molecule has 8 aromatic carbocycles. The van der Waals surface area contributed by atoms with Gasteiger partial charge in [-0.1, -0.05) is 155 Å². The van der Waals surface area contributed by atoms with Gasteiger partial charge in [-0.3, -0.25) is 4.98 Å². The van der Waals surface area contributed by atoms with E-state index in [9.17, 15) is 0 Å². The highest BCUT2D eigenvalue weighted by molar-refractivity contribution is 6.23. The molecular weight excluding hydrogens is 663 g/mol. The fourth-order valence-corrected chi connectivity index (χ4v) is 10.2. The van der Waals surface area contributed by atoms with Gasteiger partial charge in [-0.05, 0) is 137 Å². The topological polar surface area (TPSA) is 12.9 Å². The molecule has 0 saturated carbocycles. The monoisotopic (exact) mass is 703 g/mol. The Bertz CT molecular complexity index is 3100. The Balaban J connectivity index is 1.23. The summed E-state index contributed by atoms with van der Waals surface area (Å²) in [5, 5.41) is 6.21. The van der Waals surface area contributed by atoms with Crippen molar-refractivity contribution in [3.05, 3.63) is 186 Å². The van der Waals surface area contributed by atoms with E-state index >= 15 is 0 Å². The van der Waals surface area contributed by atoms with Gasteiger partial charge in [0.15, 0.2) is 0 Å². The van der Waals surface area contributed by atoms with Crippen molar-refractivity contribution in [3.8, 4) is 55.6 Å². The summed E-state index contributed by atoms with van der Waals surface area (Å²) in [5.41, 5.74) is 20.4. The van der Waals surface area contributed by atoms with Crippen molar-refractivity contribution in [2.24, 2.45) is 0 Å². The van der Waals surface area contributed by atoms with E-state index in [4.69, 9.17) is 4.98 Å². The molecule has 0 aliphatic heterocycles. The van der Waals surface area contributed by atoms with Gasteiger partial charge < -0.3 is 0 Å². The van der Waals surface area contributed by atoms with Gasteiger partial charge in [0, 0.05) is 21.9 Å². The molecule has 0 spiro atoms. The molecule has 2 aliphatic rings. The van der Waals surface area contributed by atoms with E-state index in [2.05, 4.69) is 192 Å². The van der Waals surface area contributed by atoms with Crippen molar-refractivity contribution in [1.29, 1.82) is 0 Å². The van der Waals surface area contributed by atoms with Gasteiger partial charge in [-0.15, -0.1) is 0 Å². The molecule has 9 aromatic rings. The van der Waals surface area contributed by atoms with Crippen LogP contribution in [0.2, 0.25) is 0 Å². The number of aryl methyl sites for hydroxylation is 1. The number of benzene rings is 8. The Morgan fingerprint density at radius 2 is 0.945 bits per heavy atom. The molecule has 1 heteroatoms. The van der Waals surface area contributed by atoms with E-state index in [1.54, 1.807) is 0 Å². The predicted molar refractivity (Wildman–Crippen MR) is 233 cm³/mol. The maximum atomic E-state index is 4.85. The predicted octanol–water partition coefficient (Wildman–Crippen LogP) is 14.5. The fourth-order valence-electron chi connectivity index (χ4n) is 10.2. The van der Waals surface area contributed by atoms with E-state index in [-0.39, 0.29) is 10.8 Å². The summed E-state index contributed by atoms with van der Waals surface area (Å²) in [6.45, 7) is 11.6. The average molecular weight is 704 g/mol. The molecule has 0 N–H and O–H groups in total. The van der Waals surface area contributed by atoms with E-state index in [0.29, 0.717) is 0 Å². The van der Waals surface area contributed by atoms with Gasteiger partial charge in [0.1, 0.15) is 0 Å². The molecule has 1 aromatic heterocycles. The highest BCUT2D eigenvalue weighted by atomic mass is 14.7. The molecule has 2 aliphatic carbocycles. The quantitative estimate of drug-likeness (QED) is 0.167. The Hall–Kier alpha value is -6.31. The molecule has 0 bridgehead atoms. The van der Waals surface area contributed by atoms with Crippen LogP contribution in [0.15, 0.2) is 158 Å². The van der Waals surface area contributed by atoms with Crippen LogP contribution in [-0.2, 0) is 10.8 Å². The SMILES string of the molecule is Cc1ccc2cc(-c3c4ccccc4c(-c4cccc5c4-c4ccccc4C5(C)C)c4cc(-c5ccc6c(c5)C(C)(C)c5ccccc5-6)ccc34)ccc2n1. The maximum absolute atomic E-state index is 4.85. The summed E-state index contributed by atoms with van der Waals surface area (Å²) in [4.78, 5) is 4.85. The summed E-state index contributed by atoms with van der Waals surface area (Å²) in [6.07, 6.45) is 0. The third kappa shape index (κ3) is 4.50. The van der Waals surface area contributed by atoms with Crippen LogP contribution in [0.3, 0.4) is 0 Å². The van der Waals surface area contributed by atoms with Crippen LogP contribution in [-0.4, -0.2) is 4.98 Å². The lowest BCUT2D eigenvalue weighted by Crippen LogP contribution is -2.14. The highest BCUT2D eigenvalue weighted by Gasteiger charge is 2.38. The second-order valence-corrected chi connectivity index (χ2v) is 16.7. The Morgan fingerprint density at radius 3 is 1.76 bits per heavy atom. The second-order valence-electron chi connectivity index (χ2n) is 16.7. The lowest BCUT2D eigenvalue weighted by atomic mass is 9.80. The van der Waals surface area contributed by atoms with Crippen molar-refractivity contribution in [1.82, 2.24) is 4.98 Å². The number of rotatable bonds is 3. The van der Waals surface area contributed by atoms with Gasteiger partial charge in [0.2, 0.25) is 0 Å². The van der Waals surface area contributed by atoms with Crippen LogP contribution in [0.1, 0.15) is 55.6 Å². The minimum atomic E-state index is -0.0923. The van der Waals surface area contributed by atoms with Crippen molar-refractivity contribution >= 4 is 32.4 Å². The molecule has 11 rings (SSSR count). The summed E-state index contributed by atoms with van der Waals surface area (Å²) < 4.78 is 0. The first-order chi connectivity index (χ1) is 26.7. The van der Waals surface area contributed by atoms with Gasteiger partial charge in [-0.2, -0.15) is 0 Å². The third-order valence-corrected chi connectivity index (χ3v) is 12.9. The van der Waals surface area contributed by atoms with Gasteiger partial charge >= 0.3 is 0 Å². The zero-order valence-electron chi connectivity index (χ0n) is 32.0. The molecular formula is C54H41N. The van der Waals surface area contributed by atoms with E-state index in [0.717, 1.165) is 16.6 Å². The van der Waals surface area contributed by atoms with E-state index in [1.165, 1.54) is 99.4 Å². The normalized spacial score (nSPS) is 14.6. The van der Waals surface area contributed by atoms with Crippen molar-refractivity contribution < 1.29 is 0 Å². The van der Waals surface area contributed by atoms with Crippen LogP contribution >= 0.6 is 0 Å². The maximum Gasteiger partial charge on any atom is 0.0705 e. The molecule has 0 radical (unpaired) electrons. The number of hydrogen-bond acceptors (Lipinski definition) is 1. The van der Waals surface area contributed by atoms with Crippen LogP contribution in [0, 0.1) is 6.92 Å². The van der Waals surface area contributed by atoms with Crippen LogP contribution in [0.25, 0.3) is 88.1 Å². The zero-order chi connectivity index (χ0) is 37.2. The lowest BCUT2D eigenvalue weighted by molar-refractivity contribution is 0.660. The van der Waals surface area contributed by atoms with Gasteiger partial charge in [-0.25, -0.2) is 0 Å². The first kappa shape index (κ1) is 32.1. The average Bonchev–Trinajstić information content (AvgIpc) is 3.59. The first-order valence-electron chi connectivity index (χ1n) is 19.5. The molecule has 1 heterocycles. The molecule has 262 valence electrons.